The summed E-state index contributed by atoms with van der Waals surface area (Å²) >= 11 is 0. The summed E-state index contributed by atoms with van der Waals surface area (Å²) in [6, 6.07) is 13.8. The first-order valence-corrected chi connectivity index (χ1v) is 8.45. The molecule has 0 spiro atoms. The number of aromatic nitrogens is 1. The van der Waals surface area contributed by atoms with Crippen molar-refractivity contribution in [1.82, 2.24) is 10.3 Å². The van der Waals surface area contributed by atoms with Gasteiger partial charge >= 0.3 is 0 Å². The monoisotopic (exact) mass is 325 g/mol. The lowest BCUT2D eigenvalue weighted by atomic mass is 10.1. The Labute approximate surface area is 142 Å². The van der Waals surface area contributed by atoms with Crippen molar-refractivity contribution in [2.75, 3.05) is 25.0 Å². The van der Waals surface area contributed by atoms with Gasteiger partial charge in [0.15, 0.2) is 0 Å². The van der Waals surface area contributed by atoms with Crippen LogP contribution in [0, 0.1) is 0 Å². The Morgan fingerprint density at radius 3 is 2.92 bits per heavy atom. The first-order chi connectivity index (χ1) is 11.8. The molecule has 2 N–H and O–H groups in total. The van der Waals surface area contributed by atoms with Gasteiger partial charge in [0.2, 0.25) is 0 Å². The molecule has 1 atom stereocenters. The molecule has 1 aliphatic heterocycles. The number of rotatable bonds is 7. The number of carbonyl (C=O) groups is 1. The molecule has 1 aromatic heterocycles. The molecule has 3 rings (SSSR count). The highest BCUT2D eigenvalue weighted by Gasteiger charge is 2.16. The molecule has 1 aliphatic rings. The first kappa shape index (κ1) is 16.5. The Balaban J connectivity index is 1.48. The molecule has 1 saturated heterocycles. The van der Waals surface area contributed by atoms with E-state index in [-0.39, 0.29) is 12.0 Å². The van der Waals surface area contributed by atoms with Gasteiger partial charge in [-0.3, -0.25) is 4.79 Å². The molecule has 0 aliphatic carbocycles. The van der Waals surface area contributed by atoms with Crippen molar-refractivity contribution in [3.63, 3.8) is 0 Å². The van der Waals surface area contributed by atoms with Crippen molar-refractivity contribution in [1.29, 1.82) is 0 Å². The third-order valence-electron chi connectivity index (χ3n) is 4.10. The van der Waals surface area contributed by atoms with Crippen molar-refractivity contribution >= 4 is 11.7 Å². The van der Waals surface area contributed by atoms with Crippen LogP contribution in [-0.4, -0.2) is 36.7 Å². The highest BCUT2D eigenvalue weighted by atomic mass is 16.5. The Bertz CT molecular complexity index is 655. The van der Waals surface area contributed by atoms with Crippen LogP contribution in [0.2, 0.25) is 0 Å². The van der Waals surface area contributed by atoms with E-state index in [0.29, 0.717) is 12.1 Å². The van der Waals surface area contributed by atoms with E-state index in [1.807, 2.05) is 18.2 Å². The zero-order valence-electron chi connectivity index (χ0n) is 13.7. The molecule has 0 saturated carbocycles. The van der Waals surface area contributed by atoms with Gasteiger partial charge in [0, 0.05) is 31.5 Å². The predicted molar refractivity (Wildman–Crippen MR) is 94.2 cm³/mol. The number of pyridine rings is 1. The third kappa shape index (κ3) is 4.80. The van der Waals surface area contributed by atoms with Gasteiger partial charge in [-0.05, 0) is 37.0 Å². The topological polar surface area (TPSA) is 63.2 Å². The van der Waals surface area contributed by atoms with Crippen LogP contribution in [0.25, 0.3) is 0 Å². The van der Waals surface area contributed by atoms with E-state index in [4.69, 9.17) is 4.74 Å². The van der Waals surface area contributed by atoms with Crippen LogP contribution in [0.1, 0.15) is 28.8 Å². The van der Waals surface area contributed by atoms with Crippen LogP contribution in [-0.2, 0) is 11.2 Å². The second kappa shape index (κ2) is 8.45. The Kier molecular flexibility index (Phi) is 5.80. The lowest BCUT2D eigenvalue weighted by Crippen LogP contribution is -2.31. The molecule has 0 bridgehead atoms. The van der Waals surface area contributed by atoms with Crippen molar-refractivity contribution in [2.45, 2.75) is 25.4 Å². The second-order valence-corrected chi connectivity index (χ2v) is 5.94. The maximum absolute atomic E-state index is 12.2. The van der Waals surface area contributed by atoms with Crippen LogP contribution in [0.15, 0.2) is 48.7 Å². The Morgan fingerprint density at radius 2 is 2.12 bits per heavy atom. The smallest absolute Gasteiger partial charge is 0.251 e. The minimum absolute atomic E-state index is 0.0843. The average molecular weight is 325 g/mol. The van der Waals surface area contributed by atoms with Crippen LogP contribution >= 0.6 is 0 Å². The molecule has 24 heavy (non-hydrogen) atoms. The van der Waals surface area contributed by atoms with E-state index in [9.17, 15) is 4.79 Å². The molecule has 1 unspecified atom stereocenters. The minimum Gasteiger partial charge on any atom is -0.376 e. The normalized spacial score (nSPS) is 16.8. The van der Waals surface area contributed by atoms with Gasteiger partial charge in [0.1, 0.15) is 5.82 Å². The third-order valence-corrected chi connectivity index (χ3v) is 4.10. The molecular formula is C19H23N3O2. The van der Waals surface area contributed by atoms with Crippen LogP contribution in [0.3, 0.4) is 0 Å². The van der Waals surface area contributed by atoms with Crippen molar-refractivity contribution in [3.8, 4) is 0 Å². The van der Waals surface area contributed by atoms with E-state index in [0.717, 1.165) is 38.2 Å². The molecule has 1 fully saturated rings. The van der Waals surface area contributed by atoms with Gasteiger partial charge in [-0.1, -0.05) is 30.3 Å². The number of ether oxygens (including phenoxy) is 1. The summed E-state index contributed by atoms with van der Waals surface area (Å²) in [5.41, 5.74) is 1.89. The summed E-state index contributed by atoms with van der Waals surface area (Å²) in [7, 11) is 0. The summed E-state index contributed by atoms with van der Waals surface area (Å²) in [4.78, 5) is 16.5. The van der Waals surface area contributed by atoms with Crippen LogP contribution in [0.5, 0.6) is 0 Å². The number of benzene rings is 1. The van der Waals surface area contributed by atoms with Gasteiger partial charge in [0.05, 0.1) is 6.10 Å². The number of anilines is 1. The highest BCUT2D eigenvalue weighted by Crippen LogP contribution is 2.12. The molecule has 126 valence electrons. The summed E-state index contributed by atoms with van der Waals surface area (Å²) in [6.07, 6.45) is 4.82. The summed E-state index contributed by atoms with van der Waals surface area (Å²) in [5.74, 6) is 0.634. The van der Waals surface area contributed by atoms with E-state index < -0.39 is 0 Å². The van der Waals surface area contributed by atoms with Crippen LogP contribution < -0.4 is 10.6 Å². The second-order valence-electron chi connectivity index (χ2n) is 5.94. The van der Waals surface area contributed by atoms with Gasteiger partial charge < -0.3 is 15.4 Å². The standard InChI is InChI=1S/C19H23N3O2/c23-19(22-14-17-7-4-12-24-17)16-9-11-21-18(13-16)20-10-8-15-5-2-1-3-6-15/h1-3,5-6,9,11,13,17H,4,7-8,10,12,14H2,(H,20,21)(H,22,23). The van der Waals surface area contributed by atoms with E-state index in [2.05, 4.69) is 27.8 Å². The summed E-state index contributed by atoms with van der Waals surface area (Å²) in [6.45, 7) is 2.14. The molecule has 5 nitrogen and oxygen atoms in total. The van der Waals surface area contributed by atoms with Crippen molar-refractivity contribution in [2.24, 2.45) is 0 Å². The fourth-order valence-corrected chi connectivity index (χ4v) is 2.76. The average Bonchev–Trinajstić information content (AvgIpc) is 3.14. The van der Waals surface area contributed by atoms with Crippen molar-refractivity contribution < 1.29 is 9.53 Å². The number of nitrogens with zero attached hydrogens (tertiary/aromatic N) is 1. The number of hydrogen-bond acceptors (Lipinski definition) is 4. The quantitative estimate of drug-likeness (QED) is 0.821. The number of hydrogen-bond donors (Lipinski definition) is 2. The SMILES string of the molecule is O=C(NCC1CCCO1)c1ccnc(NCCc2ccccc2)c1. The van der Waals surface area contributed by atoms with E-state index >= 15 is 0 Å². The summed E-state index contributed by atoms with van der Waals surface area (Å²) in [5, 5.41) is 6.20. The molecule has 5 heteroatoms. The molecule has 0 radical (unpaired) electrons. The fourth-order valence-electron chi connectivity index (χ4n) is 2.76. The van der Waals surface area contributed by atoms with Crippen molar-refractivity contribution in [3.05, 3.63) is 59.8 Å². The molecule has 2 heterocycles. The summed E-state index contributed by atoms with van der Waals surface area (Å²) < 4.78 is 5.52. The van der Waals surface area contributed by atoms with Gasteiger partial charge in [-0.15, -0.1) is 0 Å². The molecule has 2 aromatic rings. The minimum atomic E-state index is -0.0843. The number of carbonyl (C=O) groups excluding carboxylic acids is 1. The lowest BCUT2D eigenvalue weighted by Gasteiger charge is -2.11. The van der Waals surface area contributed by atoms with Gasteiger partial charge in [-0.2, -0.15) is 0 Å². The Hall–Kier alpha value is -2.40. The zero-order valence-corrected chi connectivity index (χ0v) is 13.7. The largest absolute Gasteiger partial charge is 0.376 e. The van der Waals surface area contributed by atoms with Gasteiger partial charge in [-0.25, -0.2) is 4.98 Å². The maximum atomic E-state index is 12.2. The van der Waals surface area contributed by atoms with E-state index in [1.165, 1.54) is 5.56 Å². The first-order valence-electron chi connectivity index (χ1n) is 8.45. The molecule has 1 aromatic carbocycles. The van der Waals surface area contributed by atoms with E-state index in [1.54, 1.807) is 18.3 Å². The van der Waals surface area contributed by atoms with Gasteiger partial charge in [0.25, 0.3) is 5.91 Å². The predicted octanol–water partition coefficient (Wildman–Crippen LogP) is 2.65. The zero-order chi connectivity index (χ0) is 16.6. The number of amides is 1. The fraction of sp³-hybridized carbons (Fsp3) is 0.368. The number of nitrogens with one attached hydrogen (secondary N) is 2. The molecule has 1 amide bonds. The lowest BCUT2D eigenvalue weighted by molar-refractivity contribution is 0.0857. The van der Waals surface area contributed by atoms with Crippen LogP contribution in [0.4, 0.5) is 5.82 Å². The molecular weight excluding hydrogens is 302 g/mol. The maximum Gasteiger partial charge on any atom is 0.251 e. The Morgan fingerprint density at radius 1 is 1.25 bits per heavy atom. The highest BCUT2D eigenvalue weighted by molar-refractivity contribution is 5.94.